The molecule has 1 aliphatic heterocycles. The highest BCUT2D eigenvalue weighted by Gasteiger charge is 2.42. The van der Waals surface area contributed by atoms with Crippen LogP contribution in [0.25, 0.3) is 0 Å². The molecule has 0 aromatic carbocycles. The van der Waals surface area contributed by atoms with Crippen LogP contribution in [0.4, 0.5) is 0 Å². The van der Waals surface area contributed by atoms with Gasteiger partial charge < -0.3 is 13.7 Å². The summed E-state index contributed by atoms with van der Waals surface area (Å²) in [5, 5.41) is 0. The molecule has 0 bridgehead atoms. The van der Waals surface area contributed by atoms with Gasteiger partial charge in [0.05, 0.1) is 0 Å². The first kappa shape index (κ1) is 12.1. The maximum absolute atomic E-state index is 5.70. The lowest BCUT2D eigenvalue weighted by atomic mass is 9.60. The van der Waals surface area contributed by atoms with E-state index in [0.717, 1.165) is 6.32 Å². The Balaban J connectivity index is 2.56. The standard InChI is InChI=1S/C8H19B3O3/c1-6-9-12-10(7(2)3)14-11(13-9)8(4)5/h7-8H,6H2,1-5H3. The van der Waals surface area contributed by atoms with Crippen LogP contribution in [0.3, 0.4) is 0 Å². The Kier molecular flexibility index (Phi) is 4.55. The van der Waals surface area contributed by atoms with Gasteiger partial charge in [-0.1, -0.05) is 34.6 Å². The average molecular weight is 196 g/mol. The van der Waals surface area contributed by atoms with E-state index in [4.69, 9.17) is 13.7 Å². The van der Waals surface area contributed by atoms with Gasteiger partial charge >= 0.3 is 21.4 Å². The fourth-order valence-electron chi connectivity index (χ4n) is 1.35. The highest BCUT2D eigenvalue weighted by Crippen LogP contribution is 2.24. The van der Waals surface area contributed by atoms with Crippen molar-refractivity contribution in [1.29, 1.82) is 0 Å². The SMILES string of the molecule is CCB1OB(C(C)C)OB(C(C)C)O1. The van der Waals surface area contributed by atoms with Crippen molar-refractivity contribution < 1.29 is 13.7 Å². The van der Waals surface area contributed by atoms with E-state index in [1.807, 2.05) is 0 Å². The Morgan fingerprint density at radius 3 is 1.57 bits per heavy atom. The highest BCUT2D eigenvalue weighted by atomic mass is 16.7. The lowest BCUT2D eigenvalue weighted by molar-refractivity contribution is 0.267. The minimum Gasteiger partial charge on any atom is -0.452 e. The molecule has 0 radical (unpaired) electrons. The van der Waals surface area contributed by atoms with E-state index < -0.39 is 0 Å². The van der Waals surface area contributed by atoms with Gasteiger partial charge in [0.1, 0.15) is 0 Å². The van der Waals surface area contributed by atoms with E-state index in [0.29, 0.717) is 11.6 Å². The summed E-state index contributed by atoms with van der Waals surface area (Å²) in [5.74, 6) is 0.739. The number of hydrogen-bond donors (Lipinski definition) is 0. The molecule has 0 saturated carbocycles. The van der Waals surface area contributed by atoms with Crippen LogP contribution in [0.5, 0.6) is 0 Å². The molecule has 0 N–H and O–H groups in total. The second-order valence-corrected chi connectivity index (χ2v) is 4.47. The van der Waals surface area contributed by atoms with Crippen LogP contribution in [0.1, 0.15) is 34.6 Å². The van der Waals surface area contributed by atoms with Crippen molar-refractivity contribution in [3.63, 3.8) is 0 Å². The first-order valence-electron chi connectivity index (χ1n) is 5.51. The molecule has 1 fully saturated rings. The summed E-state index contributed by atoms with van der Waals surface area (Å²) >= 11 is 0. The number of rotatable bonds is 3. The van der Waals surface area contributed by atoms with Crippen LogP contribution in [-0.4, -0.2) is 21.4 Å². The first-order chi connectivity index (χ1) is 6.54. The zero-order valence-electron chi connectivity index (χ0n) is 9.82. The molecule has 0 aromatic heterocycles. The molecule has 1 saturated heterocycles. The van der Waals surface area contributed by atoms with E-state index >= 15 is 0 Å². The third kappa shape index (κ3) is 3.04. The molecule has 0 atom stereocenters. The molecule has 0 spiro atoms. The Morgan fingerprint density at radius 1 is 0.857 bits per heavy atom. The third-order valence-electron chi connectivity index (χ3n) is 2.26. The maximum atomic E-state index is 5.70. The maximum Gasteiger partial charge on any atom is 0.432 e. The van der Waals surface area contributed by atoms with Crippen LogP contribution in [0, 0.1) is 0 Å². The van der Waals surface area contributed by atoms with Crippen LogP contribution < -0.4 is 0 Å². The lowest BCUT2D eigenvalue weighted by Gasteiger charge is -2.33. The van der Waals surface area contributed by atoms with E-state index in [2.05, 4.69) is 34.6 Å². The summed E-state index contributed by atoms with van der Waals surface area (Å²) in [7, 11) is -0.356. The molecular formula is C8H19B3O3. The van der Waals surface area contributed by atoms with Crippen LogP contribution in [0.15, 0.2) is 0 Å². The monoisotopic (exact) mass is 196 g/mol. The molecule has 3 nitrogen and oxygen atoms in total. The van der Waals surface area contributed by atoms with Gasteiger partial charge in [0, 0.05) is 0 Å². The second kappa shape index (κ2) is 5.24. The summed E-state index contributed by atoms with van der Waals surface area (Å²) in [6.07, 6.45) is 0.871. The summed E-state index contributed by atoms with van der Waals surface area (Å²) < 4.78 is 17.0. The Hall–Kier alpha value is 0.0748. The minimum absolute atomic E-state index is 0.108. The molecule has 78 valence electrons. The van der Waals surface area contributed by atoms with Crippen molar-refractivity contribution in [1.82, 2.24) is 0 Å². The van der Waals surface area contributed by atoms with E-state index in [9.17, 15) is 0 Å². The molecule has 6 heteroatoms. The van der Waals surface area contributed by atoms with Gasteiger partial charge in [0.2, 0.25) is 0 Å². The molecule has 0 aromatic rings. The normalized spacial score (nSPS) is 18.6. The first-order valence-corrected chi connectivity index (χ1v) is 5.51. The zero-order valence-corrected chi connectivity index (χ0v) is 9.82. The smallest absolute Gasteiger partial charge is 0.432 e. The predicted octanol–water partition coefficient (Wildman–Crippen LogP) is 2.35. The van der Waals surface area contributed by atoms with Crippen molar-refractivity contribution in [3.05, 3.63) is 0 Å². The zero-order chi connectivity index (χ0) is 10.7. The van der Waals surface area contributed by atoms with E-state index in [1.165, 1.54) is 0 Å². The quantitative estimate of drug-likeness (QED) is 0.648. The Bertz CT molecular complexity index is 161. The van der Waals surface area contributed by atoms with Crippen molar-refractivity contribution in [2.75, 3.05) is 0 Å². The van der Waals surface area contributed by atoms with Gasteiger partial charge in [-0.25, -0.2) is 0 Å². The van der Waals surface area contributed by atoms with Gasteiger partial charge in [0.15, 0.2) is 0 Å². The lowest BCUT2D eigenvalue weighted by Crippen LogP contribution is -2.50. The molecule has 1 heterocycles. The van der Waals surface area contributed by atoms with Crippen molar-refractivity contribution >= 4 is 21.4 Å². The largest absolute Gasteiger partial charge is 0.452 e. The molecule has 14 heavy (non-hydrogen) atoms. The summed E-state index contributed by atoms with van der Waals surface area (Å²) in [6.45, 7) is 10.4. The van der Waals surface area contributed by atoms with Gasteiger partial charge in [0.25, 0.3) is 0 Å². The second-order valence-electron chi connectivity index (χ2n) is 4.47. The summed E-state index contributed by atoms with van der Waals surface area (Å²) in [6, 6.07) is 0. The predicted molar refractivity (Wildman–Crippen MR) is 61.2 cm³/mol. The van der Waals surface area contributed by atoms with Crippen LogP contribution in [-0.2, 0) is 13.7 Å². The Morgan fingerprint density at radius 2 is 1.29 bits per heavy atom. The minimum atomic E-state index is -0.124. The third-order valence-corrected chi connectivity index (χ3v) is 2.26. The van der Waals surface area contributed by atoms with Gasteiger partial charge in [-0.2, -0.15) is 0 Å². The van der Waals surface area contributed by atoms with Gasteiger partial charge in [-0.15, -0.1) is 0 Å². The number of hydrogen-bond acceptors (Lipinski definition) is 3. The Labute approximate surface area is 88.3 Å². The molecule has 1 rings (SSSR count). The molecule has 0 aliphatic carbocycles. The van der Waals surface area contributed by atoms with Crippen LogP contribution in [0.2, 0.25) is 18.0 Å². The van der Waals surface area contributed by atoms with E-state index in [1.54, 1.807) is 0 Å². The summed E-state index contributed by atoms with van der Waals surface area (Å²) in [5.41, 5.74) is 0. The fraction of sp³-hybridized carbons (Fsp3) is 1.00. The molecule has 1 aliphatic rings. The molecule has 0 amide bonds. The molecule has 0 unspecified atom stereocenters. The summed E-state index contributed by atoms with van der Waals surface area (Å²) in [4.78, 5) is 0. The highest BCUT2D eigenvalue weighted by molar-refractivity contribution is 6.74. The topological polar surface area (TPSA) is 27.7 Å². The average Bonchev–Trinajstić information content (AvgIpc) is 2.16. The molecular weight excluding hydrogens is 177 g/mol. The van der Waals surface area contributed by atoms with Gasteiger partial charge in [-0.3, -0.25) is 0 Å². The van der Waals surface area contributed by atoms with Crippen molar-refractivity contribution in [2.45, 2.75) is 52.6 Å². The van der Waals surface area contributed by atoms with E-state index in [-0.39, 0.29) is 21.4 Å². The van der Waals surface area contributed by atoms with Crippen molar-refractivity contribution in [2.24, 2.45) is 0 Å². The van der Waals surface area contributed by atoms with Crippen LogP contribution >= 0.6 is 0 Å². The van der Waals surface area contributed by atoms with Gasteiger partial charge in [-0.05, 0) is 18.0 Å². The fourth-order valence-corrected chi connectivity index (χ4v) is 1.35. The van der Waals surface area contributed by atoms with Crippen molar-refractivity contribution in [3.8, 4) is 0 Å².